The van der Waals surface area contributed by atoms with E-state index in [-0.39, 0.29) is 18.2 Å². The Morgan fingerprint density at radius 2 is 1.68 bits per heavy atom. The largest absolute Gasteiger partial charge is 0.326 e. The van der Waals surface area contributed by atoms with Crippen molar-refractivity contribution in [1.82, 2.24) is 0 Å². The van der Waals surface area contributed by atoms with E-state index in [9.17, 15) is 9.59 Å². The van der Waals surface area contributed by atoms with Crippen LogP contribution in [0.5, 0.6) is 0 Å². The van der Waals surface area contributed by atoms with Crippen LogP contribution in [0.3, 0.4) is 0 Å². The Bertz CT molecular complexity index is 782. The van der Waals surface area contributed by atoms with Crippen LogP contribution in [0.4, 0.5) is 11.4 Å². The molecule has 1 N–H and O–H groups in total. The standard InChI is InChI=1S/C20H23ClN2O2/c1-13-6-5-7-14(2)20(13)22-19(25)10-11-23(16(4)24)18-9-8-17(21)12-15(18)3/h5-9,12H,10-11H2,1-4H3,(H,22,25). The molecule has 0 spiro atoms. The van der Waals surface area contributed by atoms with Gasteiger partial charge in [0.15, 0.2) is 0 Å². The highest BCUT2D eigenvalue weighted by Gasteiger charge is 2.16. The molecule has 0 atom stereocenters. The van der Waals surface area contributed by atoms with E-state index in [1.165, 1.54) is 6.92 Å². The number of hydrogen-bond acceptors (Lipinski definition) is 2. The number of para-hydroxylation sites is 1. The summed E-state index contributed by atoms with van der Waals surface area (Å²) in [5, 5.41) is 3.57. The van der Waals surface area contributed by atoms with Gasteiger partial charge in [-0.3, -0.25) is 9.59 Å². The molecule has 2 rings (SSSR count). The monoisotopic (exact) mass is 358 g/mol. The number of halogens is 1. The Morgan fingerprint density at radius 1 is 1.04 bits per heavy atom. The number of carbonyl (C=O) groups is 2. The van der Waals surface area contributed by atoms with Gasteiger partial charge in [-0.15, -0.1) is 0 Å². The Labute approximate surface area is 153 Å². The van der Waals surface area contributed by atoms with Crippen LogP contribution in [0.15, 0.2) is 36.4 Å². The van der Waals surface area contributed by atoms with Crippen LogP contribution in [-0.2, 0) is 9.59 Å². The van der Waals surface area contributed by atoms with Gasteiger partial charge < -0.3 is 10.2 Å². The molecule has 0 unspecified atom stereocenters. The van der Waals surface area contributed by atoms with Crippen molar-refractivity contribution in [3.8, 4) is 0 Å². The SMILES string of the molecule is CC(=O)N(CCC(=O)Nc1c(C)cccc1C)c1ccc(Cl)cc1C. The Morgan fingerprint density at radius 3 is 2.24 bits per heavy atom. The lowest BCUT2D eigenvalue weighted by atomic mass is 10.1. The summed E-state index contributed by atoms with van der Waals surface area (Å²) in [5.74, 6) is -0.222. The van der Waals surface area contributed by atoms with E-state index in [0.717, 1.165) is 28.1 Å². The summed E-state index contributed by atoms with van der Waals surface area (Å²) in [7, 11) is 0. The predicted octanol–water partition coefficient (Wildman–Crippen LogP) is 4.65. The van der Waals surface area contributed by atoms with Crippen molar-refractivity contribution in [1.29, 1.82) is 0 Å². The Hall–Kier alpha value is -2.33. The molecule has 2 amide bonds. The second-order valence-electron chi connectivity index (χ2n) is 6.17. The average Bonchev–Trinajstić information content (AvgIpc) is 2.52. The zero-order chi connectivity index (χ0) is 18.6. The lowest BCUT2D eigenvalue weighted by Crippen LogP contribution is -2.32. The molecule has 132 valence electrons. The van der Waals surface area contributed by atoms with E-state index in [0.29, 0.717) is 11.6 Å². The van der Waals surface area contributed by atoms with Gasteiger partial charge in [0.25, 0.3) is 0 Å². The highest BCUT2D eigenvalue weighted by Crippen LogP contribution is 2.24. The molecule has 0 bridgehead atoms. The van der Waals surface area contributed by atoms with Crippen molar-refractivity contribution >= 4 is 34.8 Å². The number of aryl methyl sites for hydroxylation is 3. The van der Waals surface area contributed by atoms with Gasteiger partial charge in [-0.05, 0) is 55.7 Å². The average molecular weight is 359 g/mol. The van der Waals surface area contributed by atoms with E-state index in [1.807, 2.05) is 51.1 Å². The first-order valence-corrected chi connectivity index (χ1v) is 8.57. The minimum atomic E-state index is -0.115. The van der Waals surface area contributed by atoms with Gasteiger partial charge in [0, 0.05) is 36.3 Å². The van der Waals surface area contributed by atoms with Crippen LogP contribution < -0.4 is 10.2 Å². The van der Waals surface area contributed by atoms with Gasteiger partial charge in [-0.1, -0.05) is 29.8 Å². The second kappa shape index (κ2) is 8.17. The fourth-order valence-corrected chi connectivity index (χ4v) is 3.02. The van der Waals surface area contributed by atoms with Gasteiger partial charge in [0.2, 0.25) is 11.8 Å². The summed E-state index contributed by atoms with van der Waals surface area (Å²) < 4.78 is 0. The van der Waals surface area contributed by atoms with E-state index >= 15 is 0 Å². The number of benzene rings is 2. The van der Waals surface area contributed by atoms with Crippen LogP contribution >= 0.6 is 11.6 Å². The van der Waals surface area contributed by atoms with Crippen LogP contribution in [-0.4, -0.2) is 18.4 Å². The fraction of sp³-hybridized carbons (Fsp3) is 0.300. The lowest BCUT2D eigenvalue weighted by Gasteiger charge is -2.23. The Balaban J connectivity index is 2.08. The molecule has 0 radical (unpaired) electrons. The molecule has 0 aliphatic rings. The highest BCUT2D eigenvalue weighted by molar-refractivity contribution is 6.30. The first-order valence-electron chi connectivity index (χ1n) is 8.20. The van der Waals surface area contributed by atoms with Crippen LogP contribution in [0, 0.1) is 20.8 Å². The van der Waals surface area contributed by atoms with Gasteiger partial charge >= 0.3 is 0 Å². The summed E-state index contributed by atoms with van der Waals surface area (Å²) in [6, 6.07) is 11.2. The molecular weight excluding hydrogens is 336 g/mol. The van der Waals surface area contributed by atoms with Crippen molar-refractivity contribution in [2.45, 2.75) is 34.1 Å². The number of carbonyl (C=O) groups excluding carboxylic acids is 2. The molecule has 0 fully saturated rings. The Kier molecular flexibility index (Phi) is 6.21. The summed E-state index contributed by atoms with van der Waals surface area (Å²) in [5.41, 5.74) is 4.55. The molecular formula is C20H23ClN2O2. The topological polar surface area (TPSA) is 49.4 Å². The summed E-state index contributed by atoms with van der Waals surface area (Å²) in [6.45, 7) is 7.63. The molecule has 5 heteroatoms. The zero-order valence-corrected chi connectivity index (χ0v) is 15.8. The summed E-state index contributed by atoms with van der Waals surface area (Å²) >= 11 is 5.98. The maximum atomic E-state index is 12.3. The molecule has 2 aromatic carbocycles. The second-order valence-corrected chi connectivity index (χ2v) is 6.60. The molecule has 0 aliphatic heterocycles. The number of hydrogen-bond donors (Lipinski definition) is 1. The van der Waals surface area contributed by atoms with Crippen molar-refractivity contribution in [2.75, 3.05) is 16.8 Å². The van der Waals surface area contributed by atoms with Gasteiger partial charge in [0.05, 0.1) is 0 Å². The third kappa shape index (κ3) is 4.83. The van der Waals surface area contributed by atoms with Crippen molar-refractivity contribution in [2.24, 2.45) is 0 Å². The van der Waals surface area contributed by atoms with E-state index < -0.39 is 0 Å². The van der Waals surface area contributed by atoms with Crippen molar-refractivity contribution < 1.29 is 9.59 Å². The van der Waals surface area contributed by atoms with Gasteiger partial charge in [0.1, 0.15) is 0 Å². The number of amides is 2. The fourth-order valence-electron chi connectivity index (χ4n) is 2.80. The summed E-state index contributed by atoms with van der Waals surface area (Å²) in [6.07, 6.45) is 0.218. The molecule has 2 aromatic rings. The molecule has 4 nitrogen and oxygen atoms in total. The van der Waals surface area contributed by atoms with Gasteiger partial charge in [-0.25, -0.2) is 0 Å². The maximum absolute atomic E-state index is 12.3. The molecule has 0 heterocycles. The maximum Gasteiger partial charge on any atom is 0.226 e. The van der Waals surface area contributed by atoms with E-state index in [1.54, 1.807) is 11.0 Å². The normalized spacial score (nSPS) is 10.4. The summed E-state index contributed by atoms with van der Waals surface area (Å²) in [4.78, 5) is 26.0. The third-order valence-corrected chi connectivity index (χ3v) is 4.37. The lowest BCUT2D eigenvalue weighted by molar-refractivity contribution is -0.117. The minimum Gasteiger partial charge on any atom is -0.326 e. The van der Waals surface area contributed by atoms with Gasteiger partial charge in [-0.2, -0.15) is 0 Å². The van der Waals surface area contributed by atoms with E-state index in [4.69, 9.17) is 11.6 Å². The smallest absolute Gasteiger partial charge is 0.226 e. The number of nitrogens with zero attached hydrogens (tertiary/aromatic N) is 1. The number of nitrogens with one attached hydrogen (secondary N) is 1. The number of anilines is 2. The predicted molar refractivity (Wildman–Crippen MR) is 103 cm³/mol. The van der Waals surface area contributed by atoms with Crippen molar-refractivity contribution in [3.63, 3.8) is 0 Å². The molecule has 0 aliphatic carbocycles. The third-order valence-electron chi connectivity index (χ3n) is 4.14. The molecule has 25 heavy (non-hydrogen) atoms. The first-order chi connectivity index (χ1) is 11.8. The van der Waals surface area contributed by atoms with E-state index in [2.05, 4.69) is 5.32 Å². The van der Waals surface area contributed by atoms with Crippen LogP contribution in [0.1, 0.15) is 30.0 Å². The van der Waals surface area contributed by atoms with Crippen LogP contribution in [0.25, 0.3) is 0 Å². The molecule has 0 saturated heterocycles. The minimum absolute atomic E-state index is 0.106. The van der Waals surface area contributed by atoms with Crippen molar-refractivity contribution in [3.05, 3.63) is 58.1 Å². The highest BCUT2D eigenvalue weighted by atomic mass is 35.5. The molecule has 0 aromatic heterocycles. The zero-order valence-electron chi connectivity index (χ0n) is 15.0. The number of rotatable bonds is 5. The first kappa shape index (κ1) is 19.0. The molecule has 0 saturated carbocycles. The quantitative estimate of drug-likeness (QED) is 0.845. The van der Waals surface area contributed by atoms with Crippen LogP contribution in [0.2, 0.25) is 5.02 Å².